The van der Waals surface area contributed by atoms with Crippen molar-refractivity contribution in [2.45, 2.75) is 76.0 Å². The molecule has 14 heteroatoms. The first-order valence-corrected chi connectivity index (χ1v) is 26.1. The van der Waals surface area contributed by atoms with E-state index in [1.807, 2.05) is 88.9 Å². The molecule has 72 heavy (non-hydrogen) atoms. The largest absolute Gasteiger partial charge is 0.463 e. The fourth-order valence-corrected chi connectivity index (χ4v) is 10.2. The van der Waals surface area contributed by atoms with E-state index in [9.17, 15) is 19.2 Å². The maximum Gasteiger partial charge on any atom is 0.307 e. The molecule has 0 amide bonds. The van der Waals surface area contributed by atoms with Crippen molar-refractivity contribution >= 4 is 34.9 Å². The van der Waals surface area contributed by atoms with Gasteiger partial charge in [-0.2, -0.15) is 0 Å². The Balaban J connectivity index is 0.806. The van der Waals surface area contributed by atoms with Crippen molar-refractivity contribution < 1.29 is 33.4 Å². The Labute approximate surface area is 429 Å². The van der Waals surface area contributed by atoms with Crippen LogP contribution < -0.4 is 15.5 Å². The molecule has 0 radical (unpaired) electrons. The molecule has 390 valence electrons. The van der Waals surface area contributed by atoms with E-state index in [2.05, 4.69) is 91.8 Å². The number of esters is 2. The first-order chi connectivity index (χ1) is 34.8. The number of ether oxygens (including phenoxy) is 3. The second-order valence-electron chi connectivity index (χ2n) is 19.8. The summed E-state index contributed by atoms with van der Waals surface area (Å²) >= 11 is 0. The second kappa shape index (κ2) is 27.5. The fourth-order valence-electron chi connectivity index (χ4n) is 10.2. The molecule has 4 aromatic carbocycles. The Morgan fingerprint density at radius 1 is 0.556 bits per heavy atom. The quantitative estimate of drug-likeness (QED) is 0.0376. The Kier molecular flexibility index (Phi) is 21.4. The fraction of sp³-hybridized carbons (Fsp3) is 0.517. The van der Waals surface area contributed by atoms with Crippen LogP contribution in [-0.2, 0) is 36.6 Å². The zero-order valence-electron chi connectivity index (χ0n) is 43.9. The number of carbonyl (C=O) groups excluding carboxylic acids is 4. The summed E-state index contributed by atoms with van der Waals surface area (Å²) < 4.78 is 16.8. The van der Waals surface area contributed by atoms with Gasteiger partial charge in [0.1, 0.15) is 12.7 Å². The predicted octanol–water partition coefficient (Wildman–Crippen LogP) is 6.50. The van der Waals surface area contributed by atoms with E-state index in [1.54, 1.807) is 0 Å². The highest BCUT2D eigenvalue weighted by Gasteiger charge is 2.41. The number of rotatable bonds is 28. The molecule has 2 N–H and O–H groups in total. The molecular formula is C58H81N7O7. The van der Waals surface area contributed by atoms with Crippen LogP contribution in [0.15, 0.2) is 109 Å². The number of Topliss-reactive ketones (excluding diaryl/α,β-unsaturated/α-hetero) is 2. The molecule has 2 aliphatic rings. The minimum atomic E-state index is -0.629. The van der Waals surface area contributed by atoms with Crippen LogP contribution in [0, 0.1) is 0 Å². The lowest BCUT2D eigenvalue weighted by molar-refractivity contribution is -0.150. The van der Waals surface area contributed by atoms with E-state index in [-0.39, 0.29) is 49.7 Å². The van der Waals surface area contributed by atoms with Gasteiger partial charge in [-0.05, 0) is 114 Å². The van der Waals surface area contributed by atoms with Gasteiger partial charge in [0.15, 0.2) is 11.6 Å². The van der Waals surface area contributed by atoms with Gasteiger partial charge in [-0.15, -0.1) is 0 Å². The molecule has 0 aliphatic carbocycles. The number of piperazine rings is 2. The molecular weight excluding hydrogens is 907 g/mol. The van der Waals surface area contributed by atoms with E-state index in [0.717, 1.165) is 80.4 Å². The van der Waals surface area contributed by atoms with Crippen LogP contribution in [0.1, 0.15) is 77.8 Å². The average molecular weight is 988 g/mol. The Hall–Kier alpha value is -5.48. The van der Waals surface area contributed by atoms with Crippen LogP contribution in [0.3, 0.4) is 0 Å². The van der Waals surface area contributed by atoms with Crippen molar-refractivity contribution in [3.05, 3.63) is 131 Å². The first-order valence-electron chi connectivity index (χ1n) is 26.1. The van der Waals surface area contributed by atoms with Gasteiger partial charge in [0.25, 0.3) is 0 Å². The lowest BCUT2D eigenvalue weighted by atomic mass is 9.80. The monoisotopic (exact) mass is 988 g/mol. The predicted molar refractivity (Wildman–Crippen MR) is 287 cm³/mol. The van der Waals surface area contributed by atoms with Gasteiger partial charge in [-0.3, -0.25) is 38.8 Å². The number of hydrogen-bond donors (Lipinski definition) is 1. The van der Waals surface area contributed by atoms with Crippen molar-refractivity contribution in [3.8, 4) is 0 Å². The number of benzene rings is 4. The highest BCUT2D eigenvalue weighted by molar-refractivity contribution is 6.04. The summed E-state index contributed by atoms with van der Waals surface area (Å²) in [6.07, 6.45) is 3.30. The standard InChI is InChI=1S/C58H81N7O7/c1-7-57(60(3)4,43-46-15-11-9-12-16-46)55(68)48-19-23-50(24-20-48)64-36-32-62(33-37-64)30-27-53(66)71-42-41-70-40-29-52(45-59)72-54(67)28-31-63-34-38-65(39-35-63)51-25-21-49(22-26-51)56(69)58(8-2,61(5)6)44-47-17-13-10-14-18-47/h9-26,52H,7-8,27-45,59H2,1-6H3. The van der Waals surface area contributed by atoms with E-state index >= 15 is 0 Å². The van der Waals surface area contributed by atoms with Gasteiger partial charge in [-0.25, -0.2) is 0 Å². The normalized spacial score (nSPS) is 16.8. The van der Waals surface area contributed by atoms with E-state index in [4.69, 9.17) is 19.9 Å². The Bertz CT molecular complexity index is 2280. The number of nitrogens with two attached hydrogens (primary N) is 1. The van der Waals surface area contributed by atoms with Crippen molar-refractivity contribution in [2.24, 2.45) is 5.73 Å². The maximum atomic E-state index is 14.0. The first kappa shape index (κ1) is 55.8. The van der Waals surface area contributed by atoms with Crippen molar-refractivity contribution in [3.63, 3.8) is 0 Å². The Morgan fingerprint density at radius 3 is 1.36 bits per heavy atom. The highest BCUT2D eigenvalue weighted by Crippen LogP contribution is 2.31. The molecule has 14 nitrogen and oxygen atoms in total. The summed E-state index contributed by atoms with van der Waals surface area (Å²) in [7, 11) is 7.96. The summed E-state index contributed by atoms with van der Waals surface area (Å²) in [5, 5.41) is 0. The summed E-state index contributed by atoms with van der Waals surface area (Å²) in [4.78, 5) is 66.7. The lowest BCUT2D eigenvalue weighted by Crippen LogP contribution is -2.52. The number of carbonyl (C=O) groups is 4. The lowest BCUT2D eigenvalue weighted by Gasteiger charge is -2.38. The van der Waals surface area contributed by atoms with Gasteiger partial charge in [-0.1, -0.05) is 74.5 Å². The van der Waals surface area contributed by atoms with Crippen molar-refractivity contribution in [2.75, 3.05) is 130 Å². The second-order valence-corrected chi connectivity index (χ2v) is 19.8. The topological polar surface area (TPSA) is 141 Å². The van der Waals surface area contributed by atoms with Crippen molar-refractivity contribution in [1.29, 1.82) is 0 Å². The number of anilines is 2. The maximum absolute atomic E-state index is 14.0. The average Bonchev–Trinajstić information content (AvgIpc) is 3.41. The molecule has 2 aliphatic heterocycles. The summed E-state index contributed by atoms with van der Waals surface area (Å²) in [5.74, 6) is -0.272. The van der Waals surface area contributed by atoms with E-state index in [0.29, 0.717) is 63.8 Å². The third-order valence-electron chi connectivity index (χ3n) is 15.0. The third-order valence-corrected chi connectivity index (χ3v) is 15.0. The summed E-state index contributed by atoms with van der Waals surface area (Å²) in [6, 6.07) is 36.5. The van der Waals surface area contributed by atoms with Gasteiger partial charge < -0.3 is 29.7 Å². The molecule has 2 heterocycles. The number of nitrogens with zero attached hydrogens (tertiary/aromatic N) is 6. The molecule has 0 aromatic heterocycles. The number of ketones is 2. The highest BCUT2D eigenvalue weighted by atomic mass is 16.6. The van der Waals surface area contributed by atoms with Crippen molar-refractivity contribution in [1.82, 2.24) is 19.6 Å². The van der Waals surface area contributed by atoms with Crippen LogP contribution in [-0.4, -0.2) is 180 Å². The molecule has 6 rings (SSSR count). The van der Waals surface area contributed by atoms with Crippen LogP contribution in [0.25, 0.3) is 0 Å². The zero-order chi connectivity index (χ0) is 51.5. The Morgan fingerprint density at radius 2 is 0.972 bits per heavy atom. The molecule has 4 aromatic rings. The van der Waals surface area contributed by atoms with Crippen LogP contribution in [0.5, 0.6) is 0 Å². The molecule has 2 saturated heterocycles. The smallest absolute Gasteiger partial charge is 0.307 e. The van der Waals surface area contributed by atoms with E-state index in [1.165, 1.54) is 0 Å². The van der Waals surface area contributed by atoms with Gasteiger partial charge in [0.2, 0.25) is 0 Å². The van der Waals surface area contributed by atoms with E-state index < -0.39 is 17.2 Å². The van der Waals surface area contributed by atoms with Crippen LogP contribution >= 0.6 is 0 Å². The minimum Gasteiger partial charge on any atom is -0.463 e. The molecule has 0 bridgehead atoms. The SMILES string of the molecule is CCC(Cc1ccccc1)(C(=O)c1ccc(N2CCN(CCC(=O)OCCOCCC(CN)OC(=O)CCN3CCN(c4ccc(C(=O)C(CC)(Cc5ccccc5)N(C)C)cc4)CC3)CC2)cc1)N(C)C. The molecule has 3 unspecified atom stereocenters. The van der Waals surface area contributed by atoms with Gasteiger partial charge in [0, 0.05) is 101 Å². The third kappa shape index (κ3) is 15.0. The van der Waals surface area contributed by atoms with Crippen LogP contribution in [0.4, 0.5) is 11.4 Å². The number of hydrogen-bond acceptors (Lipinski definition) is 14. The van der Waals surface area contributed by atoms with Crippen LogP contribution in [0.2, 0.25) is 0 Å². The minimum absolute atomic E-state index is 0.133. The summed E-state index contributed by atoms with van der Waals surface area (Å²) in [5.41, 5.74) is 10.6. The summed E-state index contributed by atoms with van der Waals surface area (Å²) in [6.45, 7) is 12.9. The zero-order valence-corrected chi connectivity index (χ0v) is 43.9. The molecule has 3 atom stereocenters. The number of likely N-dealkylation sites (N-methyl/N-ethyl adjacent to an activating group) is 2. The van der Waals surface area contributed by atoms with Gasteiger partial charge >= 0.3 is 11.9 Å². The molecule has 0 spiro atoms. The molecule has 2 fully saturated rings. The molecule has 0 saturated carbocycles. The van der Waals surface area contributed by atoms with Gasteiger partial charge in [0.05, 0.1) is 37.1 Å².